The number of hydrogen-bond acceptors (Lipinski definition) is 2. The summed E-state index contributed by atoms with van der Waals surface area (Å²) in [5, 5.41) is 0. The van der Waals surface area contributed by atoms with Crippen LogP contribution in [0.2, 0.25) is 6.55 Å². The van der Waals surface area contributed by atoms with Crippen LogP contribution in [0.5, 0.6) is 0 Å². The fourth-order valence-corrected chi connectivity index (χ4v) is 7.43. The van der Waals surface area contributed by atoms with Gasteiger partial charge in [0.2, 0.25) is 0 Å². The van der Waals surface area contributed by atoms with Gasteiger partial charge in [-0.15, -0.1) is 0 Å². The molecule has 148 valence electrons. The second kappa shape index (κ2) is 9.08. The Balaban J connectivity index is 2.03. The summed E-state index contributed by atoms with van der Waals surface area (Å²) in [4.78, 5) is 0. The van der Waals surface area contributed by atoms with Gasteiger partial charge in [0.1, 0.15) is 0 Å². The van der Waals surface area contributed by atoms with Crippen molar-refractivity contribution in [1.29, 1.82) is 0 Å². The van der Waals surface area contributed by atoms with Crippen LogP contribution < -0.4 is 0 Å². The van der Waals surface area contributed by atoms with Crippen molar-refractivity contribution >= 4 is 18.9 Å². The molecule has 2 nitrogen and oxygen atoms in total. The Labute approximate surface area is 162 Å². The fourth-order valence-electron chi connectivity index (χ4n) is 5.07. The molecule has 4 heteroatoms. The molecule has 2 aliphatic rings. The van der Waals surface area contributed by atoms with Gasteiger partial charge in [0, 0.05) is 0 Å². The van der Waals surface area contributed by atoms with Crippen molar-refractivity contribution in [2.24, 2.45) is 35.5 Å². The maximum absolute atomic E-state index is 6.93. The second-order valence-corrected chi connectivity index (χ2v) is 14.0. The standard InChI is InChI=1S/C21H41ClO2Si/c1-14(2)18-10-8-16(5)12-20(18)23-25(7,22)24-21-13-17(6)9-11-19(21)15(3)4/h14-21H,8-13H2,1-7H3. The van der Waals surface area contributed by atoms with E-state index in [1.807, 2.05) is 0 Å². The lowest BCUT2D eigenvalue weighted by molar-refractivity contribution is -0.0174. The molecule has 0 bridgehead atoms. The van der Waals surface area contributed by atoms with Crippen LogP contribution in [0.15, 0.2) is 0 Å². The van der Waals surface area contributed by atoms with E-state index in [1.165, 1.54) is 25.7 Å². The second-order valence-electron chi connectivity index (χ2n) is 9.80. The zero-order valence-electron chi connectivity index (χ0n) is 17.6. The smallest absolute Gasteiger partial charge is 0.380 e. The first-order valence-electron chi connectivity index (χ1n) is 10.6. The molecule has 0 heterocycles. The van der Waals surface area contributed by atoms with Gasteiger partial charge in [0.05, 0.1) is 12.2 Å². The first-order valence-corrected chi connectivity index (χ1v) is 14.0. The molecule has 0 radical (unpaired) electrons. The molecule has 0 aromatic heterocycles. The number of rotatable bonds is 6. The van der Waals surface area contributed by atoms with Gasteiger partial charge in [-0.05, 0) is 67.7 Å². The monoisotopic (exact) mass is 388 g/mol. The third kappa shape index (κ3) is 6.22. The highest BCUT2D eigenvalue weighted by Gasteiger charge is 2.43. The van der Waals surface area contributed by atoms with Gasteiger partial charge in [-0.1, -0.05) is 65.5 Å². The molecule has 25 heavy (non-hydrogen) atoms. The molecule has 0 aliphatic heterocycles. The lowest BCUT2D eigenvalue weighted by atomic mass is 9.75. The van der Waals surface area contributed by atoms with Crippen LogP contribution in [0, 0.1) is 35.5 Å². The molecule has 0 N–H and O–H groups in total. The molecule has 2 rings (SSSR count). The minimum absolute atomic E-state index is 0.274. The third-order valence-corrected chi connectivity index (χ3v) is 8.63. The lowest BCUT2D eigenvalue weighted by Crippen LogP contribution is -2.48. The molecule has 0 spiro atoms. The Morgan fingerprint density at radius 1 is 0.760 bits per heavy atom. The van der Waals surface area contributed by atoms with Gasteiger partial charge >= 0.3 is 7.87 Å². The van der Waals surface area contributed by atoms with Crippen molar-refractivity contribution in [3.63, 3.8) is 0 Å². The zero-order valence-corrected chi connectivity index (χ0v) is 19.3. The van der Waals surface area contributed by atoms with Crippen molar-refractivity contribution in [3.8, 4) is 0 Å². The summed E-state index contributed by atoms with van der Waals surface area (Å²) in [6.07, 6.45) is 7.99. The van der Waals surface area contributed by atoms with E-state index in [0.717, 1.165) is 24.7 Å². The molecular formula is C21H41ClO2Si. The molecule has 0 aromatic rings. The first-order chi connectivity index (χ1) is 11.6. The molecule has 6 atom stereocenters. The van der Waals surface area contributed by atoms with Gasteiger partial charge in [-0.25, -0.2) is 0 Å². The molecule has 2 aliphatic carbocycles. The highest BCUT2D eigenvalue weighted by molar-refractivity contribution is 7.12. The van der Waals surface area contributed by atoms with E-state index < -0.39 is 7.87 Å². The van der Waals surface area contributed by atoms with Crippen molar-refractivity contribution in [2.45, 2.75) is 98.8 Å². The van der Waals surface area contributed by atoms with E-state index in [1.54, 1.807) is 0 Å². The van der Waals surface area contributed by atoms with E-state index in [9.17, 15) is 0 Å². The van der Waals surface area contributed by atoms with E-state index >= 15 is 0 Å². The average molecular weight is 389 g/mol. The summed E-state index contributed by atoms with van der Waals surface area (Å²) in [7, 11) is -2.64. The molecule has 0 aromatic carbocycles. The quantitative estimate of drug-likeness (QED) is 0.370. The fraction of sp³-hybridized carbons (Fsp3) is 1.00. The number of halogens is 1. The van der Waals surface area contributed by atoms with Gasteiger partial charge in [0.25, 0.3) is 0 Å². The van der Waals surface area contributed by atoms with Crippen molar-refractivity contribution < 1.29 is 8.85 Å². The summed E-state index contributed by atoms with van der Waals surface area (Å²) in [5.41, 5.74) is 0. The Morgan fingerprint density at radius 3 is 1.44 bits per heavy atom. The number of hydrogen-bond donors (Lipinski definition) is 0. The molecule has 0 amide bonds. The topological polar surface area (TPSA) is 18.5 Å². The summed E-state index contributed by atoms with van der Waals surface area (Å²) in [6.45, 7) is 16.0. The summed E-state index contributed by atoms with van der Waals surface area (Å²) < 4.78 is 13.1. The molecule has 0 saturated heterocycles. The summed E-state index contributed by atoms with van der Waals surface area (Å²) in [6, 6.07) is 0. The lowest BCUT2D eigenvalue weighted by Gasteiger charge is -2.43. The SMILES string of the molecule is CC1CCC(C(C)C)C(O[Si](C)(Cl)OC2CC(C)CCC2C(C)C)C1. The van der Waals surface area contributed by atoms with Crippen molar-refractivity contribution in [2.75, 3.05) is 0 Å². The Bertz CT molecular complexity index is 377. The average Bonchev–Trinajstić information content (AvgIpc) is 2.45. The van der Waals surface area contributed by atoms with Gasteiger partial charge in [-0.3, -0.25) is 0 Å². The van der Waals surface area contributed by atoms with Gasteiger partial charge in [-0.2, -0.15) is 0 Å². The predicted molar refractivity (Wildman–Crippen MR) is 110 cm³/mol. The van der Waals surface area contributed by atoms with E-state index in [-0.39, 0.29) is 12.2 Å². The van der Waals surface area contributed by atoms with Crippen LogP contribution in [-0.4, -0.2) is 20.1 Å². The third-order valence-electron chi connectivity index (χ3n) is 6.65. The largest absolute Gasteiger partial charge is 0.440 e. The maximum Gasteiger partial charge on any atom is 0.440 e. The highest BCUT2D eigenvalue weighted by Crippen LogP contribution is 2.40. The van der Waals surface area contributed by atoms with E-state index in [0.29, 0.717) is 23.7 Å². The molecule has 2 fully saturated rings. The van der Waals surface area contributed by atoms with Crippen LogP contribution in [0.1, 0.15) is 80.1 Å². The Kier molecular flexibility index (Phi) is 7.89. The van der Waals surface area contributed by atoms with E-state index in [2.05, 4.69) is 48.1 Å². The molecule has 2 saturated carbocycles. The normalized spacial score (nSPS) is 39.6. The van der Waals surface area contributed by atoms with Gasteiger partial charge < -0.3 is 8.85 Å². The van der Waals surface area contributed by atoms with Crippen LogP contribution in [0.4, 0.5) is 0 Å². The summed E-state index contributed by atoms with van der Waals surface area (Å²) in [5.74, 6) is 4.02. The summed E-state index contributed by atoms with van der Waals surface area (Å²) >= 11 is 6.93. The highest BCUT2D eigenvalue weighted by atomic mass is 35.6. The van der Waals surface area contributed by atoms with Crippen LogP contribution in [0.25, 0.3) is 0 Å². The predicted octanol–water partition coefficient (Wildman–Crippen LogP) is 6.75. The van der Waals surface area contributed by atoms with Crippen LogP contribution >= 0.6 is 11.1 Å². The Hall–Kier alpha value is 0.427. The van der Waals surface area contributed by atoms with Gasteiger partial charge in [0.15, 0.2) is 0 Å². The minimum Gasteiger partial charge on any atom is -0.380 e. The minimum atomic E-state index is -2.64. The van der Waals surface area contributed by atoms with Crippen molar-refractivity contribution in [1.82, 2.24) is 0 Å². The zero-order chi connectivity index (χ0) is 18.8. The molecular weight excluding hydrogens is 348 g/mol. The molecule has 6 unspecified atom stereocenters. The Morgan fingerprint density at radius 2 is 1.12 bits per heavy atom. The van der Waals surface area contributed by atoms with Crippen LogP contribution in [-0.2, 0) is 8.85 Å². The first kappa shape index (κ1) is 21.7. The van der Waals surface area contributed by atoms with E-state index in [4.69, 9.17) is 19.9 Å². The van der Waals surface area contributed by atoms with Crippen LogP contribution in [0.3, 0.4) is 0 Å². The maximum atomic E-state index is 6.93. The van der Waals surface area contributed by atoms with Crippen molar-refractivity contribution in [3.05, 3.63) is 0 Å².